The van der Waals surface area contributed by atoms with Crippen molar-refractivity contribution in [1.29, 1.82) is 0 Å². The maximum atomic E-state index is 5.28. The largest absolute Gasteiger partial charge is 0.497 e. The van der Waals surface area contributed by atoms with Gasteiger partial charge in [0.05, 0.1) is 31.6 Å². The molecule has 128 valence electrons. The summed E-state index contributed by atoms with van der Waals surface area (Å²) in [4.78, 5) is 0. The average Bonchev–Trinajstić information content (AvgIpc) is 3.05. The van der Waals surface area contributed by atoms with Crippen molar-refractivity contribution in [3.63, 3.8) is 0 Å². The van der Waals surface area contributed by atoms with Crippen molar-refractivity contribution in [1.82, 2.24) is 9.78 Å². The lowest BCUT2D eigenvalue weighted by atomic mass is 9.93. The number of nitrogens with zero attached hydrogens (tertiary/aromatic N) is 2. The standard InChI is InChI=1S/C21H22N2O2/c1-24-18-10-6-15(7-11-18)20-14-21(23(22-20)17-4-3-5-17)16-8-12-19(25-2)13-9-16/h6-14,17H,3-5H2,1-2H3. The van der Waals surface area contributed by atoms with E-state index in [9.17, 15) is 0 Å². The van der Waals surface area contributed by atoms with Crippen LogP contribution >= 0.6 is 0 Å². The number of hydrogen-bond donors (Lipinski definition) is 0. The number of ether oxygens (including phenoxy) is 2. The summed E-state index contributed by atoms with van der Waals surface area (Å²) < 4.78 is 12.7. The summed E-state index contributed by atoms with van der Waals surface area (Å²) in [5.41, 5.74) is 4.44. The lowest BCUT2D eigenvalue weighted by Gasteiger charge is -2.27. The van der Waals surface area contributed by atoms with E-state index in [0.717, 1.165) is 28.5 Å². The maximum absolute atomic E-state index is 5.28. The van der Waals surface area contributed by atoms with Gasteiger partial charge in [-0.05, 0) is 73.9 Å². The van der Waals surface area contributed by atoms with Gasteiger partial charge in [-0.15, -0.1) is 0 Å². The predicted octanol–water partition coefficient (Wildman–Crippen LogP) is 4.96. The third-order valence-corrected chi connectivity index (χ3v) is 4.93. The van der Waals surface area contributed by atoms with E-state index >= 15 is 0 Å². The van der Waals surface area contributed by atoms with Crippen LogP contribution in [0.5, 0.6) is 11.5 Å². The molecule has 4 rings (SSSR count). The third kappa shape index (κ3) is 3.00. The predicted molar refractivity (Wildman–Crippen MR) is 99.1 cm³/mol. The van der Waals surface area contributed by atoms with Gasteiger partial charge in [-0.1, -0.05) is 0 Å². The summed E-state index contributed by atoms with van der Waals surface area (Å²) in [5.74, 6) is 1.73. The second-order valence-electron chi connectivity index (χ2n) is 6.40. The van der Waals surface area contributed by atoms with Crippen molar-refractivity contribution in [3.8, 4) is 34.0 Å². The average molecular weight is 334 g/mol. The van der Waals surface area contributed by atoms with E-state index in [1.807, 2.05) is 24.3 Å². The van der Waals surface area contributed by atoms with Crippen LogP contribution in [0.4, 0.5) is 0 Å². The van der Waals surface area contributed by atoms with Gasteiger partial charge in [-0.2, -0.15) is 5.10 Å². The molecule has 0 N–H and O–H groups in total. The van der Waals surface area contributed by atoms with Crippen LogP contribution in [0, 0.1) is 0 Å². The molecule has 25 heavy (non-hydrogen) atoms. The second kappa shape index (κ2) is 6.63. The molecule has 4 heteroatoms. The maximum Gasteiger partial charge on any atom is 0.118 e. The highest BCUT2D eigenvalue weighted by Gasteiger charge is 2.24. The van der Waals surface area contributed by atoms with Crippen molar-refractivity contribution in [3.05, 3.63) is 54.6 Å². The zero-order valence-corrected chi connectivity index (χ0v) is 14.6. The van der Waals surface area contributed by atoms with Crippen LogP contribution in [0.3, 0.4) is 0 Å². The lowest BCUT2D eigenvalue weighted by Crippen LogP contribution is -2.19. The second-order valence-corrected chi connectivity index (χ2v) is 6.40. The molecule has 4 nitrogen and oxygen atoms in total. The van der Waals surface area contributed by atoms with Crippen LogP contribution in [0.25, 0.3) is 22.5 Å². The Morgan fingerprint density at radius 1 is 0.840 bits per heavy atom. The summed E-state index contributed by atoms with van der Waals surface area (Å²) in [7, 11) is 3.37. The molecule has 0 spiro atoms. The van der Waals surface area contributed by atoms with Gasteiger partial charge in [0.1, 0.15) is 11.5 Å². The number of rotatable bonds is 5. The summed E-state index contributed by atoms with van der Waals surface area (Å²) >= 11 is 0. The highest BCUT2D eigenvalue weighted by Crippen LogP contribution is 2.37. The van der Waals surface area contributed by atoms with Crippen LogP contribution in [0.15, 0.2) is 54.6 Å². The Balaban J connectivity index is 1.74. The van der Waals surface area contributed by atoms with Gasteiger partial charge < -0.3 is 9.47 Å². The van der Waals surface area contributed by atoms with E-state index in [1.165, 1.54) is 24.8 Å². The summed E-state index contributed by atoms with van der Waals surface area (Å²) in [5, 5.41) is 4.92. The van der Waals surface area contributed by atoms with Crippen molar-refractivity contribution in [2.45, 2.75) is 25.3 Å². The minimum Gasteiger partial charge on any atom is -0.497 e. The summed E-state index contributed by atoms with van der Waals surface area (Å²) in [6.45, 7) is 0. The molecule has 1 aromatic heterocycles. The summed E-state index contributed by atoms with van der Waals surface area (Å²) in [6.07, 6.45) is 3.68. The molecule has 0 saturated heterocycles. The fourth-order valence-corrected chi connectivity index (χ4v) is 3.18. The molecule has 1 saturated carbocycles. The first-order valence-corrected chi connectivity index (χ1v) is 8.67. The van der Waals surface area contributed by atoms with Crippen LogP contribution in [-0.4, -0.2) is 24.0 Å². The molecular formula is C21H22N2O2. The van der Waals surface area contributed by atoms with E-state index in [-0.39, 0.29) is 0 Å². The van der Waals surface area contributed by atoms with Crippen LogP contribution < -0.4 is 9.47 Å². The molecule has 3 aromatic rings. The molecule has 0 aliphatic heterocycles. The topological polar surface area (TPSA) is 36.3 Å². The minimum atomic E-state index is 0.504. The van der Waals surface area contributed by atoms with Gasteiger partial charge in [-0.3, -0.25) is 4.68 Å². The van der Waals surface area contributed by atoms with Crippen LogP contribution in [0.2, 0.25) is 0 Å². The van der Waals surface area contributed by atoms with Crippen molar-refractivity contribution in [2.24, 2.45) is 0 Å². The van der Waals surface area contributed by atoms with Gasteiger partial charge >= 0.3 is 0 Å². The Kier molecular flexibility index (Phi) is 4.18. The fraction of sp³-hybridized carbons (Fsp3) is 0.286. The Bertz CT molecular complexity index is 847. The van der Waals surface area contributed by atoms with Crippen LogP contribution in [0.1, 0.15) is 25.3 Å². The molecule has 1 aliphatic rings. The molecule has 0 radical (unpaired) electrons. The normalized spacial score (nSPS) is 14.2. The van der Waals surface area contributed by atoms with Gasteiger partial charge in [0.25, 0.3) is 0 Å². The number of hydrogen-bond acceptors (Lipinski definition) is 3. The Morgan fingerprint density at radius 3 is 1.88 bits per heavy atom. The van der Waals surface area contributed by atoms with E-state index < -0.39 is 0 Å². The van der Waals surface area contributed by atoms with E-state index in [4.69, 9.17) is 14.6 Å². The zero-order valence-electron chi connectivity index (χ0n) is 14.6. The molecule has 0 amide bonds. The smallest absolute Gasteiger partial charge is 0.118 e. The highest BCUT2D eigenvalue weighted by atomic mass is 16.5. The molecule has 0 atom stereocenters. The first-order valence-electron chi connectivity index (χ1n) is 8.67. The molecule has 1 fully saturated rings. The first kappa shape index (κ1) is 15.8. The van der Waals surface area contributed by atoms with E-state index in [0.29, 0.717) is 6.04 Å². The summed E-state index contributed by atoms with van der Waals surface area (Å²) in [6, 6.07) is 19.0. The highest BCUT2D eigenvalue weighted by molar-refractivity contribution is 5.69. The van der Waals surface area contributed by atoms with Gasteiger partial charge in [0, 0.05) is 11.1 Å². The quantitative estimate of drug-likeness (QED) is 0.662. The minimum absolute atomic E-state index is 0.504. The zero-order chi connectivity index (χ0) is 17.2. The number of methoxy groups -OCH3 is 2. The third-order valence-electron chi connectivity index (χ3n) is 4.93. The van der Waals surface area contributed by atoms with Gasteiger partial charge in [0.15, 0.2) is 0 Å². The van der Waals surface area contributed by atoms with Gasteiger partial charge in [0.2, 0.25) is 0 Å². The van der Waals surface area contributed by atoms with Crippen molar-refractivity contribution in [2.75, 3.05) is 14.2 Å². The lowest BCUT2D eigenvalue weighted by molar-refractivity contribution is 0.292. The van der Waals surface area contributed by atoms with Crippen molar-refractivity contribution >= 4 is 0 Å². The SMILES string of the molecule is COc1ccc(-c2cc(-c3ccc(OC)cc3)n(C3CCC3)n2)cc1. The molecule has 0 bridgehead atoms. The number of benzene rings is 2. The molecular weight excluding hydrogens is 312 g/mol. The Labute approximate surface area is 148 Å². The van der Waals surface area contributed by atoms with Crippen molar-refractivity contribution < 1.29 is 9.47 Å². The monoisotopic (exact) mass is 334 g/mol. The van der Waals surface area contributed by atoms with E-state index in [1.54, 1.807) is 14.2 Å². The fourth-order valence-electron chi connectivity index (χ4n) is 3.18. The van der Waals surface area contributed by atoms with Gasteiger partial charge in [-0.25, -0.2) is 0 Å². The molecule has 2 aromatic carbocycles. The molecule has 0 unspecified atom stereocenters. The molecule has 1 aliphatic carbocycles. The molecule has 1 heterocycles. The Hall–Kier alpha value is -2.75. The van der Waals surface area contributed by atoms with Crippen LogP contribution in [-0.2, 0) is 0 Å². The number of aromatic nitrogens is 2. The Morgan fingerprint density at radius 2 is 1.40 bits per heavy atom. The van der Waals surface area contributed by atoms with E-state index in [2.05, 4.69) is 35.0 Å². The first-order chi connectivity index (χ1) is 12.3.